The second-order valence-electron chi connectivity index (χ2n) is 7.68. The van der Waals surface area contributed by atoms with Gasteiger partial charge in [0.15, 0.2) is 0 Å². The van der Waals surface area contributed by atoms with Gasteiger partial charge in [-0.3, -0.25) is 0 Å². The SMILES string of the molecule is CC(C)(C)CNCCCCCCCNC(C)(C)C. The summed E-state index contributed by atoms with van der Waals surface area (Å²) >= 11 is 0. The highest BCUT2D eigenvalue weighted by atomic mass is 14.9. The maximum absolute atomic E-state index is 3.54. The molecule has 0 atom stereocenters. The van der Waals surface area contributed by atoms with Crippen molar-refractivity contribution in [3.63, 3.8) is 0 Å². The van der Waals surface area contributed by atoms with E-state index in [0.29, 0.717) is 5.41 Å². The number of hydrogen-bond acceptors (Lipinski definition) is 2. The normalized spacial score (nSPS) is 13.0. The topological polar surface area (TPSA) is 24.1 Å². The summed E-state index contributed by atoms with van der Waals surface area (Å²) in [5.74, 6) is 0. The summed E-state index contributed by atoms with van der Waals surface area (Å²) < 4.78 is 0. The van der Waals surface area contributed by atoms with Gasteiger partial charge in [-0.25, -0.2) is 0 Å². The molecule has 0 bridgehead atoms. The van der Waals surface area contributed by atoms with E-state index in [1.165, 1.54) is 38.6 Å². The zero-order valence-corrected chi connectivity index (χ0v) is 13.7. The Balaban J connectivity index is 3.13. The molecule has 0 aliphatic rings. The molecule has 2 N–H and O–H groups in total. The Bertz CT molecular complexity index is 164. The molecule has 0 aliphatic carbocycles. The molecule has 18 heavy (non-hydrogen) atoms. The van der Waals surface area contributed by atoms with Gasteiger partial charge in [-0.15, -0.1) is 0 Å². The van der Waals surface area contributed by atoms with Gasteiger partial charge in [-0.05, 0) is 58.7 Å². The Kier molecular flexibility index (Phi) is 8.89. The highest BCUT2D eigenvalue weighted by Crippen LogP contribution is 2.10. The summed E-state index contributed by atoms with van der Waals surface area (Å²) in [5.41, 5.74) is 0.690. The van der Waals surface area contributed by atoms with E-state index in [1.54, 1.807) is 0 Å². The lowest BCUT2D eigenvalue weighted by Crippen LogP contribution is -2.36. The summed E-state index contributed by atoms with van der Waals surface area (Å²) in [7, 11) is 0. The van der Waals surface area contributed by atoms with Crippen molar-refractivity contribution in [1.82, 2.24) is 10.6 Å². The molecule has 0 aromatic heterocycles. The molecule has 2 heteroatoms. The van der Waals surface area contributed by atoms with Crippen LogP contribution in [0.2, 0.25) is 0 Å². The Morgan fingerprint density at radius 3 is 1.67 bits per heavy atom. The predicted molar refractivity (Wildman–Crippen MR) is 83.2 cm³/mol. The van der Waals surface area contributed by atoms with Crippen molar-refractivity contribution in [2.45, 2.75) is 79.2 Å². The van der Waals surface area contributed by atoms with Crippen LogP contribution >= 0.6 is 0 Å². The van der Waals surface area contributed by atoms with Crippen molar-refractivity contribution in [2.75, 3.05) is 19.6 Å². The highest BCUT2D eigenvalue weighted by molar-refractivity contribution is 4.69. The minimum absolute atomic E-state index is 0.275. The first-order valence-electron chi connectivity index (χ1n) is 7.66. The van der Waals surface area contributed by atoms with Crippen LogP contribution in [-0.2, 0) is 0 Å². The van der Waals surface area contributed by atoms with Crippen LogP contribution in [-0.4, -0.2) is 25.2 Å². The van der Waals surface area contributed by atoms with E-state index in [2.05, 4.69) is 52.2 Å². The van der Waals surface area contributed by atoms with Crippen LogP contribution < -0.4 is 10.6 Å². The molecule has 0 spiro atoms. The zero-order valence-electron chi connectivity index (χ0n) is 13.7. The van der Waals surface area contributed by atoms with Crippen LogP contribution in [0.25, 0.3) is 0 Å². The molecule has 0 aromatic carbocycles. The lowest BCUT2D eigenvalue weighted by Gasteiger charge is -2.20. The molecule has 0 heterocycles. The molecule has 0 saturated carbocycles. The lowest BCUT2D eigenvalue weighted by molar-refractivity contribution is 0.376. The van der Waals surface area contributed by atoms with Crippen molar-refractivity contribution in [1.29, 1.82) is 0 Å². The van der Waals surface area contributed by atoms with Gasteiger partial charge >= 0.3 is 0 Å². The molecular weight excluding hydrogens is 220 g/mol. The average molecular weight is 256 g/mol. The lowest BCUT2D eigenvalue weighted by atomic mass is 9.97. The summed E-state index contributed by atoms with van der Waals surface area (Å²) in [4.78, 5) is 0. The van der Waals surface area contributed by atoms with Crippen LogP contribution in [0.5, 0.6) is 0 Å². The van der Waals surface area contributed by atoms with Crippen molar-refractivity contribution in [2.24, 2.45) is 5.41 Å². The number of hydrogen-bond donors (Lipinski definition) is 2. The third-order valence-corrected chi connectivity index (χ3v) is 2.84. The molecule has 0 radical (unpaired) electrons. The van der Waals surface area contributed by atoms with Gasteiger partial charge in [0, 0.05) is 5.54 Å². The quantitative estimate of drug-likeness (QED) is 0.610. The monoisotopic (exact) mass is 256 g/mol. The third kappa shape index (κ3) is 15.9. The molecule has 0 aliphatic heterocycles. The van der Waals surface area contributed by atoms with E-state index in [1.807, 2.05) is 0 Å². The van der Waals surface area contributed by atoms with Crippen LogP contribution in [0.1, 0.15) is 73.6 Å². The second kappa shape index (κ2) is 8.92. The van der Waals surface area contributed by atoms with E-state index in [0.717, 1.165) is 13.1 Å². The minimum Gasteiger partial charge on any atom is -0.316 e. The molecule has 0 unspecified atom stereocenters. The Morgan fingerprint density at radius 1 is 0.667 bits per heavy atom. The first kappa shape index (κ1) is 17.9. The number of nitrogens with one attached hydrogen (secondary N) is 2. The van der Waals surface area contributed by atoms with Gasteiger partial charge in [0.2, 0.25) is 0 Å². The largest absolute Gasteiger partial charge is 0.316 e. The first-order chi connectivity index (χ1) is 8.21. The average Bonchev–Trinajstić information content (AvgIpc) is 2.17. The fraction of sp³-hybridized carbons (Fsp3) is 1.00. The van der Waals surface area contributed by atoms with Crippen LogP contribution in [0.4, 0.5) is 0 Å². The molecular formula is C16H36N2. The fourth-order valence-corrected chi connectivity index (χ4v) is 1.83. The third-order valence-electron chi connectivity index (χ3n) is 2.84. The van der Waals surface area contributed by atoms with Crippen LogP contribution in [0, 0.1) is 5.41 Å². The highest BCUT2D eigenvalue weighted by Gasteiger charge is 2.08. The zero-order chi connectivity index (χ0) is 14.1. The van der Waals surface area contributed by atoms with Crippen molar-refractivity contribution in [3.8, 4) is 0 Å². The van der Waals surface area contributed by atoms with E-state index >= 15 is 0 Å². The second-order valence-corrected chi connectivity index (χ2v) is 7.68. The summed E-state index contributed by atoms with van der Waals surface area (Å²) in [6.45, 7) is 17.0. The van der Waals surface area contributed by atoms with E-state index in [9.17, 15) is 0 Å². The van der Waals surface area contributed by atoms with Crippen molar-refractivity contribution >= 4 is 0 Å². The molecule has 0 saturated heterocycles. The molecule has 0 rings (SSSR count). The van der Waals surface area contributed by atoms with Crippen molar-refractivity contribution < 1.29 is 0 Å². The van der Waals surface area contributed by atoms with E-state index in [-0.39, 0.29) is 5.54 Å². The Hall–Kier alpha value is -0.0800. The number of unbranched alkanes of at least 4 members (excludes halogenated alkanes) is 4. The van der Waals surface area contributed by atoms with Gasteiger partial charge < -0.3 is 10.6 Å². The van der Waals surface area contributed by atoms with E-state index in [4.69, 9.17) is 0 Å². The Labute approximate surface area is 115 Å². The van der Waals surface area contributed by atoms with Gasteiger partial charge in [-0.2, -0.15) is 0 Å². The predicted octanol–water partition coefficient (Wildman–Crippen LogP) is 3.96. The maximum atomic E-state index is 3.54. The fourth-order valence-electron chi connectivity index (χ4n) is 1.83. The minimum atomic E-state index is 0.275. The summed E-state index contributed by atoms with van der Waals surface area (Å²) in [6.07, 6.45) is 6.74. The first-order valence-corrected chi connectivity index (χ1v) is 7.66. The van der Waals surface area contributed by atoms with E-state index < -0.39 is 0 Å². The van der Waals surface area contributed by atoms with Gasteiger partial charge in [0.05, 0.1) is 0 Å². The van der Waals surface area contributed by atoms with Gasteiger partial charge in [0.25, 0.3) is 0 Å². The molecule has 0 fully saturated rings. The standard InChI is InChI=1S/C16H36N2/c1-15(2,3)14-17-12-10-8-7-9-11-13-18-16(4,5)6/h17-18H,7-14H2,1-6H3. The molecule has 0 aromatic rings. The number of rotatable bonds is 9. The molecule has 110 valence electrons. The van der Waals surface area contributed by atoms with Crippen molar-refractivity contribution in [3.05, 3.63) is 0 Å². The maximum Gasteiger partial charge on any atom is 0.00965 e. The Morgan fingerprint density at radius 2 is 1.17 bits per heavy atom. The van der Waals surface area contributed by atoms with Crippen LogP contribution in [0.3, 0.4) is 0 Å². The summed E-state index contributed by atoms with van der Waals surface area (Å²) in [6, 6.07) is 0. The summed E-state index contributed by atoms with van der Waals surface area (Å²) in [5, 5.41) is 7.07. The smallest absolute Gasteiger partial charge is 0.00965 e. The molecule has 2 nitrogen and oxygen atoms in total. The van der Waals surface area contributed by atoms with Gasteiger partial charge in [0.1, 0.15) is 0 Å². The molecule has 0 amide bonds. The van der Waals surface area contributed by atoms with Gasteiger partial charge in [-0.1, -0.05) is 40.0 Å². The van der Waals surface area contributed by atoms with Crippen LogP contribution in [0.15, 0.2) is 0 Å².